The molecule has 1 saturated heterocycles. The van der Waals surface area contributed by atoms with Crippen LogP contribution >= 0.6 is 0 Å². The van der Waals surface area contributed by atoms with Gasteiger partial charge in [0, 0.05) is 9.73 Å². The summed E-state index contributed by atoms with van der Waals surface area (Å²) in [6.45, 7) is 5.34. The summed E-state index contributed by atoms with van der Waals surface area (Å²) in [5.41, 5.74) is -0.518. The van der Waals surface area contributed by atoms with Gasteiger partial charge in [-0.2, -0.15) is 0 Å². The van der Waals surface area contributed by atoms with Gasteiger partial charge in [-0.15, -0.1) is 0 Å². The molecule has 0 saturated carbocycles. The van der Waals surface area contributed by atoms with Gasteiger partial charge in [0.25, 0.3) is 0 Å². The second kappa shape index (κ2) is 3.42. The highest BCUT2D eigenvalue weighted by atomic mass is 32.2. The summed E-state index contributed by atoms with van der Waals surface area (Å²) in [5.74, 6) is 0.485. The molecule has 0 bridgehead atoms. The number of rotatable bonds is 1. The minimum atomic E-state index is -2.39. The number of carbonyl (C=O) groups excluding carboxylic acids is 1. The zero-order valence-electron chi connectivity index (χ0n) is 8.62. The van der Waals surface area contributed by atoms with Crippen molar-refractivity contribution in [2.45, 2.75) is 32.4 Å². The predicted octanol–water partition coefficient (Wildman–Crippen LogP) is 0.940. The van der Waals surface area contributed by atoms with Crippen molar-refractivity contribution < 1.29 is 13.7 Å². The third-order valence-electron chi connectivity index (χ3n) is 1.66. The van der Waals surface area contributed by atoms with Crippen molar-refractivity contribution >= 4 is 15.8 Å². The fraction of sp³-hybridized carbons (Fsp3) is 0.875. The van der Waals surface area contributed by atoms with Crippen molar-refractivity contribution in [3.8, 4) is 0 Å². The fourth-order valence-electron chi connectivity index (χ4n) is 1.16. The van der Waals surface area contributed by atoms with Crippen LogP contribution in [0.5, 0.6) is 0 Å². The summed E-state index contributed by atoms with van der Waals surface area (Å²) in [6, 6.07) is -0.158. The van der Waals surface area contributed by atoms with Gasteiger partial charge in [0.15, 0.2) is 0 Å². The Kier molecular flexibility index (Phi) is 2.76. The number of hydrogen-bond acceptors (Lipinski definition) is 4. The molecule has 1 heterocycles. The van der Waals surface area contributed by atoms with Crippen LogP contribution in [-0.4, -0.2) is 33.5 Å². The van der Waals surface area contributed by atoms with Gasteiger partial charge in [0.1, 0.15) is 5.60 Å². The van der Waals surface area contributed by atoms with E-state index < -0.39 is 21.4 Å². The second-order valence-corrected chi connectivity index (χ2v) is 6.78. The summed E-state index contributed by atoms with van der Waals surface area (Å²) in [7, 11) is -2.39. The van der Waals surface area contributed by atoms with Crippen LogP contribution in [0.2, 0.25) is 0 Å². The van der Waals surface area contributed by atoms with Crippen LogP contribution in [-0.2, 0) is 14.5 Å². The number of alkyl carbamates (subject to hydrolysis) is 1. The van der Waals surface area contributed by atoms with E-state index in [2.05, 4.69) is 5.32 Å². The molecule has 0 atom stereocenters. The van der Waals surface area contributed by atoms with E-state index in [1.165, 1.54) is 0 Å². The molecule has 1 aliphatic heterocycles. The van der Waals surface area contributed by atoms with Gasteiger partial charge in [-0.1, -0.05) is 0 Å². The van der Waals surface area contributed by atoms with Crippen molar-refractivity contribution in [2.75, 3.05) is 11.5 Å². The molecule has 0 unspecified atom stereocenters. The first-order chi connectivity index (χ1) is 6.18. The van der Waals surface area contributed by atoms with Crippen LogP contribution in [0.25, 0.3) is 0 Å². The minimum absolute atomic E-state index is 0.158. The van der Waals surface area contributed by atoms with E-state index in [0.29, 0.717) is 0 Å². The van der Waals surface area contributed by atoms with Crippen LogP contribution in [0.4, 0.5) is 4.79 Å². The van der Waals surface area contributed by atoms with E-state index >= 15 is 0 Å². The second-order valence-electron chi connectivity index (χ2n) is 4.49. The topological polar surface area (TPSA) is 79.2 Å². The first-order valence-electron chi connectivity index (χ1n) is 4.42. The molecule has 6 heteroatoms. The first kappa shape index (κ1) is 11.3. The lowest BCUT2D eigenvalue weighted by atomic mass is 10.2. The number of nitrogens with one attached hydrogen (secondary N) is 2. The summed E-state index contributed by atoms with van der Waals surface area (Å²) in [6.07, 6.45) is -0.502. The van der Waals surface area contributed by atoms with Crippen LogP contribution in [0, 0.1) is 4.78 Å². The maximum atomic E-state index is 11.2. The Morgan fingerprint density at radius 3 is 2.36 bits per heavy atom. The zero-order valence-corrected chi connectivity index (χ0v) is 9.44. The van der Waals surface area contributed by atoms with Crippen molar-refractivity contribution in [1.29, 1.82) is 4.78 Å². The molecule has 0 spiro atoms. The molecule has 82 valence electrons. The van der Waals surface area contributed by atoms with Gasteiger partial charge in [-0.05, 0) is 20.8 Å². The minimum Gasteiger partial charge on any atom is -0.444 e. The summed E-state index contributed by atoms with van der Waals surface area (Å²) >= 11 is 0. The molecule has 2 N–H and O–H groups in total. The van der Waals surface area contributed by atoms with Crippen LogP contribution in [0.1, 0.15) is 20.8 Å². The molecule has 1 aliphatic rings. The summed E-state index contributed by atoms with van der Waals surface area (Å²) in [5, 5.41) is 2.57. The molecule has 0 aromatic heterocycles. The van der Waals surface area contributed by atoms with E-state index in [9.17, 15) is 9.00 Å². The van der Waals surface area contributed by atoms with Crippen molar-refractivity contribution in [1.82, 2.24) is 5.32 Å². The standard InChI is InChI=1S/C8H16N2O3S/c1-8(2,3)13-7(11)10-6-4-14(9,12)5-6/h6,9H,4-5H2,1-3H3,(H,10,11). The quantitative estimate of drug-likeness (QED) is 0.690. The Bertz CT molecular complexity index is 317. The molecule has 1 amide bonds. The van der Waals surface area contributed by atoms with Crippen LogP contribution in [0.15, 0.2) is 0 Å². The molecular weight excluding hydrogens is 204 g/mol. The van der Waals surface area contributed by atoms with E-state index in [-0.39, 0.29) is 17.5 Å². The molecule has 1 rings (SSSR count). The Labute approximate surface area is 84.2 Å². The number of carbonyl (C=O) groups is 1. The van der Waals surface area contributed by atoms with Crippen molar-refractivity contribution in [3.63, 3.8) is 0 Å². The van der Waals surface area contributed by atoms with E-state index in [0.717, 1.165) is 0 Å². The summed E-state index contributed by atoms with van der Waals surface area (Å²) < 4.78 is 23.2. The monoisotopic (exact) mass is 220 g/mol. The summed E-state index contributed by atoms with van der Waals surface area (Å²) in [4.78, 5) is 11.2. The van der Waals surface area contributed by atoms with Gasteiger partial charge >= 0.3 is 6.09 Å². The van der Waals surface area contributed by atoms with Gasteiger partial charge in [-0.25, -0.2) is 9.00 Å². The predicted molar refractivity (Wildman–Crippen MR) is 53.8 cm³/mol. The van der Waals surface area contributed by atoms with Gasteiger partial charge in [0.05, 0.1) is 17.5 Å². The first-order valence-corrected chi connectivity index (χ1v) is 6.31. The highest BCUT2D eigenvalue weighted by Gasteiger charge is 2.32. The molecule has 1 fully saturated rings. The van der Waals surface area contributed by atoms with Crippen molar-refractivity contribution in [2.24, 2.45) is 0 Å². The number of ether oxygens (including phenoxy) is 1. The SMILES string of the molecule is CC(C)(C)OC(=O)NC1CS(=N)(=O)C1. The average Bonchev–Trinajstić information content (AvgIpc) is 1.76. The molecule has 0 radical (unpaired) electrons. The molecular formula is C8H16N2O3S. The Balaban J connectivity index is 2.30. The molecule has 5 nitrogen and oxygen atoms in total. The molecule has 0 aromatic rings. The molecule has 0 aliphatic carbocycles. The Morgan fingerprint density at radius 1 is 1.50 bits per heavy atom. The van der Waals surface area contributed by atoms with Gasteiger partial charge in [0.2, 0.25) is 0 Å². The third kappa shape index (κ3) is 3.53. The third-order valence-corrected chi connectivity index (χ3v) is 3.54. The van der Waals surface area contributed by atoms with Gasteiger partial charge in [-0.3, -0.25) is 4.78 Å². The Hall–Kier alpha value is -0.780. The largest absolute Gasteiger partial charge is 0.444 e. The van der Waals surface area contributed by atoms with Crippen LogP contribution < -0.4 is 5.32 Å². The lowest BCUT2D eigenvalue weighted by Gasteiger charge is -2.30. The van der Waals surface area contributed by atoms with Crippen LogP contribution in [0.3, 0.4) is 0 Å². The van der Waals surface area contributed by atoms with Crippen molar-refractivity contribution in [3.05, 3.63) is 0 Å². The van der Waals surface area contributed by atoms with E-state index in [1.807, 2.05) is 0 Å². The van der Waals surface area contributed by atoms with E-state index in [1.54, 1.807) is 20.8 Å². The highest BCUT2D eigenvalue weighted by Crippen LogP contribution is 2.13. The fourth-order valence-corrected chi connectivity index (χ4v) is 2.53. The van der Waals surface area contributed by atoms with E-state index in [4.69, 9.17) is 9.52 Å². The smallest absolute Gasteiger partial charge is 0.407 e. The number of hydrogen-bond donors (Lipinski definition) is 2. The number of amides is 1. The lowest BCUT2D eigenvalue weighted by molar-refractivity contribution is 0.0511. The highest BCUT2D eigenvalue weighted by molar-refractivity contribution is 7.93. The van der Waals surface area contributed by atoms with Gasteiger partial charge < -0.3 is 10.1 Å². The zero-order chi connectivity index (χ0) is 11.0. The Morgan fingerprint density at radius 2 is 2.00 bits per heavy atom. The molecule has 0 aromatic carbocycles. The maximum absolute atomic E-state index is 11.2. The lowest BCUT2D eigenvalue weighted by Crippen LogP contribution is -2.53. The molecule has 14 heavy (non-hydrogen) atoms. The normalized spacial score (nSPS) is 31.8. The maximum Gasteiger partial charge on any atom is 0.407 e. The average molecular weight is 220 g/mol.